The number of likely N-dealkylation sites (N-methyl/N-ethyl adjacent to an activating group) is 1. The van der Waals surface area contributed by atoms with Gasteiger partial charge in [0.15, 0.2) is 0 Å². The molecule has 0 saturated carbocycles. The van der Waals surface area contributed by atoms with Gasteiger partial charge in [-0.05, 0) is 50.7 Å². The smallest absolute Gasteiger partial charge is 0.274 e. The number of benzene rings is 1. The second-order valence-electron chi connectivity index (χ2n) is 7.28. The number of nitrogens with zero attached hydrogens (tertiary/aromatic N) is 4. The van der Waals surface area contributed by atoms with Crippen molar-refractivity contribution in [2.24, 2.45) is 0 Å². The van der Waals surface area contributed by atoms with Crippen LogP contribution in [0.2, 0.25) is 0 Å². The fourth-order valence-corrected chi connectivity index (χ4v) is 3.20. The molecule has 1 aromatic carbocycles. The van der Waals surface area contributed by atoms with Crippen molar-refractivity contribution in [3.05, 3.63) is 41.7 Å². The summed E-state index contributed by atoms with van der Waals surface area (Å²) >= 11 is 0. The van der Waals surface area contributed by atoms with Gasteiger partial charge in [0, 0.05) is 63.5 Å². The first-order chi connectivity index (χ1) is 14.0. The number of hydrogen-bond acceptors (Lipinski definition) is 7. The van der Waals surface area contributed by atoms with E-state index in [-0.39, 0.29) is 5.91 Å². The zero-order valence-corrected chi connectivity index (χ0v) is 17.4. The Bertz CT molecular complexity index is 803. The van der Waals surface area contributed by atoms with Gasteiger partial charge in [-0.25, -0.2) is 9.97 Å². The molecule has 8 heteroatoms. The van der Waals surface area contributed by atoms with Crippen molar-refractivity contribution in [2.75, 3.05) is 69.0 Å². The Morgan fingerprint density at radius 3 is 2.55 bits per heavy atom. The predicted octanol–water partition coefficient (Wildman–Crippen LogP) is 2.24. The molecule has 3 rings (SSSR count). The van der Waals surface area contributed by atoms with Crippen LogP contribution in [0.15, 0.2) is 30.3 Å². The third-order valence-corrected chi connectivity index (χ3v) is 4.89. The van der Waals surface area contributed by atoms with Crippen LogP contribution in [0.25, 0.3) is 0 Å². The fraction of sp³-hybridized carbons (Fsp3) is 0.476. The number of amides is 1. The van der Waals surface area contributed by atoms with E-state index in [9.17, 15) is 4.79 Å². The zero-order valence-electron chi connectivity index (χ0n) is 17.4. The fourth-order valence-electron chi connectivity index (χ4n) is 3.20. The topological polar surface area (TPSA) is 82.6 Å². The first kappa shape index (κ1) is 21.0. The maximum Gasteiger partial charge on any atom is 0.274 e. The summed E-state index contributed by atoms with van der Waals surface area (Å²) in [5, 5.41) is 6.06. The average molecular weight is 399 g/mol. The Hall–Kier alpha value is -2.71. The molecule has 8 nitrogen and oxygen atoms in total. The monoisotopic (exact) mass is 398 g/mol. The van der Waals surface area contributed by atoms with Gasteiger partial charge in [-0.15, -0.1) is 0 Å². The van der Waals surface area contributed by atoms with Crippen molar-refractivity contribution in [3.8, 4) is 0 Å². The van der Waals surface area contributed by atoms with E-state index in [4.69, 9.17) is 4.74 Å². The minimum atomic E-state index is -0.247. The predicted molar refractivity (Wildman–Crippen MR) is 116 cm³/mol. The summed E-state index contributed by atoms with van der Waals surface area (Å²) < 4.78 is 5.03. The highest BCUT2D eigenvalue weighted by Crippen LogP contribution is 2.20. The molecule has 1 fully saturated rings. The van der Waals surface area contributed by atoms with Gasteiger partial charge in [-0.1, -0.05) is 0 Å². The normalized spacial score (nSPS) is 14.7. The molecular weight excluding hydrogens is 368 g/mol. The number of aromatic nitrogens is 2. The van der Waals surface area contributed by atoms with E-state index in [1.54, 1.807) is 13.2 Å². The number of aryl methyl sites for hydroxylation is 1. The zero-order chi connectivity index (χ0) is 20.6. The molecule has 1 saturated heterocycles. The summed E-state index contributed by atoms with van der Waals surface area (Å²) in [5.41, 5.74) is 3.01. The Morgan fingerprint density at radius 1 is 1.14 bits per heavy atom. The number of ether oxygens (including phenoxy) is 1. The van der Waals surface area contributed by atoms with Gasteiger partial charge in [0.2, 0.25) is 5.95 Å². The van der Waals surface area contributed by atoms with Gasteiger partial charge in [0.05, 0.1) is 0 Å². The molecule has 1 aliphatic rings. The van der Waals surface area contributed by atoms with Crippen LogP contribution >= 0.6 is 0 Å². The van der Waals surface area contributed by atoms with Crippen LogP contribution in [0.1, 0.15) is 22.6 Å². The first-order valence-electron chi connectivity index (χ1n) is 9.98. The number of anilines is 3. The van der Waals surface area contributed by atoms with E-state index < -0.39 is 0 Å². The van der Waals surface area contributed by atoms with Crippen LogP contribution in [0.5, 0.6) is 0 Å². The summed E-state index contributed by atoms with van der Waals surface area (Å²) in [5.74, 6) is 0.208. The Kier molecular flexibility index (Phi) is 7.37. The molecule has 2 N–H and O–H groups in total. The second kappa shape index (κ2) is 10.2. The maximum absolute atomic E-state index is 12.7. The molecule has 2 aromatic rings. The highest BCUT2D eigenvalue weighted by molar-refractivity contribution is 6.03. The van der Waals surface area contributed by atoms with Crippen molar-refractivity contribution in [3.63, 3.8) is 0 Å². The second-order valence-corrected chi connectivity index (χ2v) is 7.28. The quantitative estimate of drug-likeness (QED) is 0.660. The van der Waals surface area contributed by atoms with E-state index in [1.807, 2.05) is 19.1 Å². The van der Waals surface area contributed by atoms with E-state index in [0.29, 0.717) is 24.8 Å². The van der Waals surface area contributed by atoms with Crippen LogP contribution in [-0.4, -0.2) is 74.3 Å². The molecule has 1 aliphatic heterocycles. The minimum absolute atomic E-state index is 0.247. The van der Waals surface area contributed by atoms with Crippen LogP contribution in [0.4, 0.5) is 17.3 Å². The van der Waals surface area contributed by atoms with Crippen molar-refractivity contribution >= 4 is 23.2 Å². The maximum atomic E-state index is 12.7. The van der Waals surface area contributed by atoms with E-state index in [2.05, 4.69) is 49.6 Å². The molecule has 1 aromatic heterocycles. The third kappa shape index (κ3) is 6.13. The minimum Gasteiger partial charge on any atom is -0.385 e. The number of nitrogens with one attached hydrogen (secondary N) is 2. The number of hydrogen-bond donors (Lipinski definition) is 2. The molecule has 0 spiro atoms. The Morgan fingerprint density at radius 2 is 1.86 bits per heavy atom. The van der Waals surface area contributed by atoms with Gasteiger partial charge in [0.25, 0.3) is 5.91 Å². The van der Waals surface area contributed by atoms with Crippen molar-refractivity contribution in [2.45, 2.75) is 13.3 Å². The van der Waals surface area contributed by atoms with E-state index in [1.165, 1.54) is 5.69 Å². The highest BCUT2D eigenvalue weighted by atomic mass is 16.5. The number of carbonyl (C=O) groups is 1. The molecule has 1 amide bonds. The van der Waals surface area contributed by atoms with Crippen LogP contribution < -0.4 is 15.5 Å². The molecule has 0 aliphatic carbocycles. The van der Waals surface area contributed by atoms with E-state index >= 15 is 0 Å². The van der Waals surface area contributed by atoms with Gasteiger partial charge in [0.1, 0.15) is 5.69 Å². The summed E-state index contributed by atoms with van der Waals surface area (Å²) in [4.78, 5) is 26.0. The van der Waals surface area contributed by atoms with Crippen molar-refractivity contribution in [1.29, 1.82) is 0 Å². The number of carbonyl (C=O) groups excluding carboxylic acids is 1. The van der Waals surface area contributed by atoms with Crippen LogP contribution in [0.3, 0.4) is 0 Å². The molecule has 29 heavy (non-hydrogen) atoms. The summed E-state index contributed by atoms with van der Waals surface area (Å²) in [6.07, 6.45) is 0.842. The molecule has 0 unspecified atom stereocenters. The first-order valence-corrected chi connectivity index (χ1v) is 9.98. The number of piperazine rings is 1. The Balaban J connectivity index is 1.60. The largest absolute Gasteiger partial charge is 0.385 e. The lowest BCUT2D eigenvalue weighted by molar-refractivity contribution is 0.102. The highest BCUT2D eigenvalue weighted by Gasteiger charge is 2.15. The van der Waals surface area contributed by atoms with Gasteiger partial charge >= 0.3 is 0 Å². The lowest BCUT2D eigenvalue weighted by atomic mass is 10.2. The van der Waals surface area contributed by atoms with Gasteiger partial charge in [-0.3, -0.25) is 4.79 Å². The van der Waals surface area contributed by atoms with Gasteiger partial charge < -0.3 is 25.2 Å². The standard InChI is InChI=1S/C21H30N6O2/c1-16-15-19(25-21(23-16)22-9-4-14-29-3)20(28)24-17-5-7-18(8-6-17)27-12-10-26(2)11-13-27/h5-8,15H,4,9-14H2,1-3H3,(H,24,28)(H,22,23,25). The molecule has 156 valence electrons. The SMILES string of the molecule is COCCCNc1nc(C)cc(C(=O)Nc2ccc(N3CCN(C)CC3)cc2)n1. The Labute approximate surface area is 172 Å². The molecular formula is C21H30N6O2. The average Bonchev–Trinajstić information content (AvgIpc) is 2.72. The van der Waals surface area contributed by atoms with Gasteiger partial charge in [-0.2, -0.15) is 0 Å². The van der Waals surface area contributed by atoms with Crippen molar-refractivity contribution in [1.82, 2.24) is 14.9 Å². The molecule has 2 heterocycles. The van der Waals surface area contributed by atoms with Crippen LogP contribution in [-0.2, 0) is 4.74 Å². The molecule has 0 bridgehead atoms. The number of rotatable bonds is 8. The van der Waals surface area contributed by atoms with E-state index in [0.717, 1.165) is 44.0 Å². The molecule has 0 atom stereocenters. The summed E-state index contributed by atoms with van der Waals surface area (Å²) in [6, 6.07) is 9.66. The molecule has 0 radical (unpaired) electrons. The summed E-state index contributed by atoms with van der Waals surface area (Å²) in [7, 11) is 3.81. The third-order valence-electron chi connectivity index (χ3n) is 4.89. The lowest BCUT2D eigenvalue weighted by Gasteiger charge is -2.34. The van der Waals surface area contributed by atoms with Crippen LogP contribution in [0, 0.1) is 6.92 Å². The summed E-state index contributed by atoms with van der Waals surface area (Å²) in [6.45, 7) is 7.36. The van der Waals surface area contributed by atoms with Crippen molar-refractivity contribution < 1.29 is 9.53 Å². The lowest BCUT2D eigenvalue weighted by Crippen LogP contribution is -2.44. The number of methoxy groups -OCH3 is 1.